The first-order valence-electron chi connectivity index (χ1n) is 4.28. The topological polar surface area (TPSA) is 71.1 Å². The Morgan fingerprint density at radius 2 is 2.50 bits per heavy atom. The minimum atomic E-state index is -0.0197. The summed E-state index contributed by atoms with van der Waals surface area (Å²) in [5.74, 6) is 0. The van der Waals surface area contributed by atoms with Gasteiger partial charge in [0.25, 0.3) is 0 Å². The lowest BCUT2D eigenvalue weighted by molar-refractivity contribution is 0.264. The number of aryl methyl sites for hydroxylation is 1. The van der Waals surface area contributed by atoms with E-state index in [0.29, 0.717) is 12.6 Å². The van der Waals surface area contributed by atoms with Gasteiger partial charge in [-0.05, 0) is 6.92 Å². The molecule has 0 aromatic carbocycles. The molecule has 0 saturated heterocycles. The van der Waals surface area contributed by atoms with Crippen molar-refractivity contribution in [3.8, 4) is 6.01 Å². The number of nitrogens with zero attached hydrogens (tertiary/aromatic N) is 2. The van der Waals surface area contributed by atoms with Crippen molar-refractivity contribution in [3.05, 3.63) is 22.8 Å². The molecule has 1 aliphatic rings. The summed E-state index contributed by atoms with van der Waals surface area (Å²) < 4.78 is 6.95. The van der Waals surface area contributed by atoms with E-state index in [0.717, 1.165) is 11.1 Å². The number of aliphatic hydroxyl groups is 1. The third-order valence-electron chi connectivity index (χ3n) is 2.05. The highest BCUT2D eigenvalue weighted by Crippen LogP contribution is 2.14. The van der Waals surface area contributed by atoms with Gasteiger partial charge in [-0.15, -0.1) is 0 Å². The van der Waals surface area contributed by atoms with Gasteiger partial charge in [0, 0.05) is 23.5 Å². The molecule has 0 saturated carbocycles. The van der Waals surface area contributed by atoms with Crippen molar-refractivity contribution in [2.75, 3.05) is 13.2 Å². The van der Waals surface area contributed by atoms with E-state index >= 15 is 0 Å². The van der Waals surface area contributed by atoms with Crippen LogP contribution in [0.25, 0.3) is 6.20 Å². The van der Waals surface area contributed by atoms with Gasteiger partial charge in [-0.25, -0.2) is 0 Å². The van der Waals surface area contributed by atoms with Crippen LogP contribution < -0.4 is 10.2 Å². The lowest BCUT2D eigenvalue weighted by Crippen LogP contribution is -2.21. The molecule has 0 amide bonds. The standard InChI is InChI=1S/C9H11N3O2/c1-6-2-12-3-7(4-13)5-14-9(12)11-8(6)10/h2-3,10,13H,4-5H2,1H3. The first-order valence-corrected chi connectivity index (χ1v) is 4.28. The summed E-state index contributed by atoms with van der Waals surface area (Å²) >= 11 is 0. The van der Waals surface area contributed by atoms with Gasteiger partial charge in [0.1, 0.15) is 6.61 Å². The third-order valence-corrected chi connectivity index (χ3v) is 2.05. The Morgan fingerprint density at radius 1 is 1.71 bits per heavy atom. The van der Waals surface area contributed by atoms with Gasteiger partial charge in [0.05, 0.1) is 6.61 Å². The van der Waals surface area contributed by atoms with Crippen molar-refractivity contribution in [2.45, 2.75) is 6.92 Å². The average molecular weight is 193 g/mol. The zero-order chi connectivity index (χ0) is 10.1. The SMILES string of the molecule is Cc1cn2c(nc1=N)OCC(CO)=C2. The van der Waals surface area contributed by atoms with Crippen LogP contribution in [0, 0.1) is 12.3 Å². The van der Waals surface area contributed by atoms with Gasteiger partial charge >= 0.3 is 6.01 Å². The van der Waals surface area contributed by atoms with Gasteiger partial charge in [-0.1, -0.05) is 0 Å². The van der Waals surface area contributed by atoms with Gasteiger partial charge in [0.15, 0.2) is 5.49 Å². The minimum Gasteiger partial charge on any atom is -0.460 e. The smallest absolute Gasteiger partial charge is 0.302 e. The molecule has 2 rings (SSSR count). The summed E-state index contributed by atoms with van der Waals surface area (Å²) in [6.07, 6.45) is 3.54. The Morgan fingerprint density at radius 3 is 3.21 bits per heavy atom. The van der Waals surface area contributed by atoms with Crippen LogP contribution in [0.2, 0.25) is 0 Å². The maximum absolute atomic E-state index is 8.92. The number of ether oxygens (including phenoxy) is 1. The predicted octanol–water partition coefficient (Wildman–Crippen LogP) is -0.103. The molecule has 0 radical (unpaired) electrons. The van der Waals surface area contributed by atoms with E-state index in [2.05, 4.69) is 4.98 Å². The van der Waals surface area contributed by atoms with E-state index in [4.69, 9.17) is 15.3 Å². The van der Waals surface area contributed by atoms with Crippen LogP contribution in [-0.4, -0.2) is 27.9 Å². The van der Waals surface area contributed by atoms with Crippen molar-refractivity contribution in [2.24, 2.45) is 0 Å². The lowest BCUT2D eigenvalue weighted by atomic mass is 10.3. The zero-order valence-electron chi connectivity index (χ0n) is 7.82. The summed E-state index contributed by atoms with van der Waals surface area (Å²) in [4.78, 5) is 3.96. The van der Waals surface area contributed by atoms with Crippen LogP contribution in [0.15, 0.2) is 11.8 Å². The summed E-state index contributed by atoms with van der Waals surface area (Å²) in [6, 6.07) is 0.401. The van der Waals surface area contributed by atoms with Gasteiger partial charge < -0.3 is 9.84 Å². The van der Waals surface area contributed by atoms with Crippen LogP contribution >= 0.6 is 0 Å². The van der Waals surface area contributed by atoms with Crippen LogP contribution in [-0.2, 0) is 0 Å². The first-order chi connectivity index (χ1) is 6.70. The Kier molecular flexibility index (Phi) is 2.09. The number of fused-ring (bicyclic) bond motifs is 1. The van der Waals surface area contributed by atoms with E-state index in [-0.39, 0.29) is 12.1 Å². The normalized spacial score (nSPS) is 14.3. The van der Waals surface area contributed by atoms with Crippen LogP contribution in [0.5, 0.6) is 6.01 Å². The van der Waals surface area contributed by atoms with E-state index in [9.17, 15) is 0 Å². The van der Waals surface area contributed by atoms with E-state index in [1.54, 1.807) is 17.0 Å². The summed E-state index contributed by atoms with van der Waals surface area (Å²) in [5, 5.41) is 16.4. The molecule has 2 heterocycles. The van der Waals surface area contributed by atoms with E-state index in [1.165, 1.54) is 0 Å². The van der Waals surface area contributed by atoms with Crippen LogP contribution in [0.1, 0.15) is 5.56 Å². The largest absolute Gasteiger partial charge is 0.460 e. The van der Waals surface area contributed by atoms with Crippen molar-refractivity contribution in [3.63, 3.8) is 0 Å². The van der Waals surface area contributed by atoms with Crippen LogP contribution in [0.4, 0.5) is 0 Å². The Labute approximate surface area is 80.8 Å². The minimum absolute atomic E-state index is 0.0197. The fraction of sp³-hybridized carbons (Fsp3) is 0.333. The quantitative estimate of drug-likeness (QED) is 0.654. The van der Waals surface area contributed by atoms with Crippen molar-refractivity contribution >= 4 is 6.20 Å². The molecule has 0 unspecified atom stereocenters. The lowest BCUT2D eigenvalue weighted by Gasteiger charge is -2.17. The number of hydrogen-bond donors (Lipinski definition) is 2. The van der Waals surface area contributed by atoms with Gasteiger partial charge in [-0.2, -0.15) is 4.98 Å². The fourth-order valence-corrected chi connectivity index (χ4v) is 1.24. The molecule has 0 bridgehead atoms. The molecule has 2 N–H and O–H groups in total. The number of rotatable bonds is 1. The molecule has 5 nitrogen and oxygen atoms in total. The number of aliphatic hydroxyl groups excluding tert-OH is 1. The number of nitrogens with one attached hydrogen (secondary N) is 1. The fourth-order valence-electron chi connectivity index (χ4n) is 1.24. The van der Waals surface area contributed by atoms with Gasteiger partial charge in [-0.3, -0.25) is 9.98 Å². The summed E-state index contributed by atoms with van der Waals surface area (Å²) in [6.45, 7) is 2.13. The van der Waals surface area contributed by atoms with Gasteiger partial charge in [0.2, 0.25) is 0 Å². The number of hydrogen-bond acceptors (Lipinski definition) is 4. The Balaban J connectivity index is 2.54. The molecule has 0 spiro atoms. The molecule has 1 aliphatic heterocycles. The van der Waals surface area contributed by atoms with Crippen molar-refractivity contribution in [1.82, 2.24) is 9.55 Å². The molecule has 1 aromatic heterocycles. The molecule has 5 heteroatoms. The second kappa shape index (κ2) is 3.26. The highest BCUT2D eigenvalue weighted by Gasteiger charge is 2.11. The molecular formula is C9H11N3O2. The highest BCUT2D eigenvalue weighted by molar-refractivity contribution is 5.37. The first kappa shape index (κ1) is 8.96. The second-order valence-corrected chi connectivity index (χ2v) is 3.20. The van der Waals surface area contributed by atoms with Crippen molar-refractivity contribution < 1.29 is 9.84 Å². The molecular weight excluding hydrogens is 182 g/mol. The Bertz CT molecular complexity index is 448. The van der Waals surface area contributed by atoms with E-state index in [1.807, 2.05) is 6.92 Å². The molecule has 0 aliphatic carbocycles. The summed E-state index contributed by atoms with van der Waals surface area (Å²) in [5.41, 5.74) is 1.78. The second-order valence-electron chi connectivity index (χ2n) is 3.20. The van der Waals surface area contributed by atoms with E-state index < -0.39 is 0 Å². The van der Waals surface area contributed by atoms with Crippen molar-refractivity contribution in [1.29, 1.82) is 5.41 Å². The highest BCUT2D eigenvalue weighted by atomic mass is 16.5. The maximum atomic E-state index is 8.92. The number of aromatic nitrogens is 2. The Hall–Kier alpha value is -1.62. The zero-order valence-corrected chi connectivity index (χ0v) is 7.82. The maximum Gasteiger partial charge on any atom is 0.302 e. The monoisotopic (exact) mass is 193 g/mol. The molecule has 74 valence electrons. The van der Waals surface area contributed by atoms with Crippen LogP contribution in [0.3, 0.4) is 0 Å². The summed E-state index contributed by atoms with van der Waals surface area (Å²) in [7, 11) is 0. The molecule has 1 aromatic rings. The molecule has 0 fully saturated rings. The average Bonchev–Trinajstić information content (AvgIpc) is 2.19. The molecule has 0 atom stereocenters. The third kappa shape index (κ3) is 1.42. The predicted molar refractivity (Wildman–Crippen MR) is 49.7 cm³/mol. The molecule has 14 heavy (non-hydrogen) atoms.